The molecule has 1 heterocycles. The fraction of sp³-hybridized carbons (Fsp3) is 0.667. The summed E-state index contributed by atoms with van der Waals surface area (Å²) in [6.07, 6.45) is 5.70. The average Bonchev–Trinajstić information content (AvgIpc) is 2.52. The van der Waals surface area contributed by atoms with Gasteiger partial charge in [0.05, 0.1) is 0 Å². The summed E-state index contributed by atoms with van der Waals surface area (Å²) in [5.41, 5.74) is 3.79. The maximum atomic E-state index is 11.6. The van der Waals surface area contributed by atoms with E-state index in [2.05, 4.69) is 13.5 Å². The molecule has 3 rings (SSSR count). The van der Waals surface area contributed by atoms with Crippen molar-refractivity contribution >= 4 is 5.97 Å². The van der Waals surface area contributed by atoms with Gasteiger partial charge in [-0.1, -0.05) is 19.1 Å². The van der Waals surface area contributed by atoms with Crippen LogP contribution in [-0.4, -0.2) is 12.1 Å². The predicted molar refractivity (Wildman–Crippen MR) is 66.4 cm³/mol. The lowest BCUT2D eigenvalue weighted by Crippen LogP contribution is -2.41. The Balaban J connectivity index is 1.97. The summed E-state index contributed by atoms with van der Waals surface area (Å²) in [7, 11) is 0. The monoisotopic (exact) mass is 232 g/mol. The smallest absolute Gasteiger partial charge is 0.334 e. The third-order valence-electron chi connectivity index (χ3n) is 5.08. The quantitative estimate of drug-likeness (QED) is 0.472. The van der Waals surface area contributed by atoms with Crippen LogP contribution in [0.1, 0.15) is 46.0 Å². The first-order chi connectivity index (χ1) is 8.01. The van der Waals surface area contributed by atoms with Gasteiger partial charge in [-0.05, 0) is 55.9 Å². The van der Waals surface area contributed by atoms with Crippen molar-refractivity contribution < 1.29 is 9.53 Å². The van der Waals surface area contributed by atoms with E-state index in [4.69, 9.17) is 4.74 Å². The lowest BCUT2D eigenvalue weighted by atomic mass is 9.57. The lowest BCUT2D eigenvalue weighted by Gasteiger charge is -2.48. The first kappa shape index (κ1) is 11.1. The maximum absolute atomic E-state index is 11.6. The number of rotatable bonds is 0. The molecule has 2 nitrogen and oxygen atoms in total. The fourth-order valence-corrected chi connectivity index (χ4v) is 3.95. The average molecular weight is 232 g/mol. The van der Waals surface area contributed by atoms with E-state index < -0.39 is 0 Å². The topological polar surface area (TPSA) is 26.3 Å². The Bertz CT molecular complexity index is 432. The van der Waals surface area contributed by atoms with Crippen LogP contribution in [0.2, 0.25) is 0 Å². The number of carbonyl (C=O) groups excluding carboxylic acids is 1. The summed E-state index contributed by atoms with van der Waals surface area (Å²) in [5.74, 6) is 0.463. The summed E-state index contributed by atoms with van der Waals surface area (Å²) in [4.78, 5) is 11.6. The molecular weight excluding hydrogens is 212 g/mol. The Morgan fingerprint density at radius 3 is 3.00 bits per heavy atom. The van der Waals surface area contributed by atoms with E-state index in [-0.39, 0.29) is 12.1 Å². The molecule has 0 spiro atoms. The van der Waals surface area contributed by atoms with Gasteiger partial charge in [0.2, 0.25) is 0 Å². The Morgan fingerprint density at radius 1 is 1.47 bits per heavy atom. The van der Waals surface area contributed by atoms with Crippen molar-refractivity contribution in [1.82, 2.24) is 0 Å². The third-order valence-corrected chi connectivity index (χ3v) is 5.08. The lowest BCUT2D eigenvalue weighted by molar-refractivity contribution is -0.141. The van der Waals surface area contributed by atoms with Crippen LogP contribution in [0.5, 0.6) is 0 Å². The minimum atomic E-state index is -0.0992. The third kappa shape index (κ3) is 1.50. The van der Waals surface area contributed by atoms with Gasteiger partial charge in [0, 0.05) is 5.57 Å². The largest absolute Gasteiger partial charge is 0.454 e. The SMILES string of the molecule is C=C1CCC[C@]2(C)CC3OC(=O)C(C)=C3CC12. The summed E-state index contributed by atoms with van der Waals surface area (Å²) >= 11 is 0. The van der Waals surface area contributed by atoms with Crippen LogP contribution in [-0.2, 0) is 9.53 Å². The number of carbonyl (C=O) groups is 1. The first-order valence-electron chi connectivity index (χ1n) is 6.59. The maximum Gasteiger partial charge on any atom is 0.334 e. The van der Waals surface area contributed by atoms with Crippen molar-refractivity contribution in [2.24, 2.45) is 11.3 Å². The van der Waals surface area contributed by atoms with Crippen LogP contribution in [0.25, 0.3) is 0 Å². The van der Waals surface area contributed by atoms with Crippen molar-refractivity contribution in [1.29, 1.82) is 0 Å². The number of esters is 1. The molecule has 17 heavy (non-hydrogen) atoms. The molecule has 2 unspecified atom stereocenters. The van der Waals surface area contributed by atoms with E-state index in [0.717, 1.165) is 24.8 Å². The second kappa shape index (κ2) is 3.47. The molecule has 0 N–H and O–H groups in total. The number of ether oxygens (including phenoxy) is 1. The van der Waals surface area contributed by atoms with E-state index in [1.165, 1.54) is 24.0 Å². The minimum Gasteiger partial charge on any atom is -0.454 e. The van der Waals surface area contributed by atoms with Gasteiger partial charge in [0.15, 0.2) is 0 Å². The van der Waals surface area contributed by atoms with Gasteiger partial charge >= 0.3 is 5.97 Å². The number of allylic oxidation sites excluding steroid dienone is 1. The molecule has 0 bridgehead atoms. The molecular formula is C15H20O2. The normalized spacial score (nSPS) is 41.1. The molecule has 2 heteroatoms. The van der Waals surface area contributed by atoms with E-state index >= 15 is 0 Å². The van der Waals surface area contributed by atoms with E-state index in [0.29, 0.717) is 11.3 Å². The van der Waals surface area contributed by atoms with Gasteiger partial charge in [0.1, 0.15) is 6.10 Å². The molecule has 0 amide bonds. The van der Waals surface area contributed by atoms with Crippen molar-refractivity contribution in [2.45, 2.75) is 52.1 Å². The van der Waals surface area contributed by atoms with E-state index in [1.807, 2.05) is 6.92 Å². The Labute approximate surface area is 103 Å². The summed E-state index contributed by atoms with van der Waals surface area (Å²) < 4.78 is 5.48. The van der Waals surface area contributed by atoms with E-state index in [1.54, 1.807) is 0 Å². The molecule has 2 fully saturated rings. The highest BCUT2D eigenvalue weighted by Gasteiger charge is 2.49. The van der Waals surface area contributed by atoms with Crippen LogP contribution in [0.15, 0.2) is 23.3 Å². The highest BCUT2D eigenvalue weighted by atomic mass is 16.5. The van der Waals surface area contributed by atoms with Crippen LogP contribution in [0.4, 0.5) is 0 Å². The molecule has 2 aliphatic carbocycles. The standard InChI is InChI=1S/C15H20O2/c1-9-5-4-6-15(3)8-13-11(7-12(9)15)10(2)14(16)17-13/h12-13H,1,4-8H2,2-3H3/t12?,13?,15-/m1/s1. The highest BCUT2D eigenvalue weighted by Crippen LogP contribution is 2.55. The van der Waals surface area contributed by atoms with Gasteiger partial charge < -0.3 is 4.74 Å². The first-order valence-corrected chi connectivity index (χ1v) is 6.59. The molecule has 0 aromatic rings. The van der Waals surface area contributed by atoms with Gasteiger partial charge in [0.25, 0.3) is 0 Å². The molecule has 92 valence electrons. The van der Waals surface area contributed by atoms with Crippen LogP contribution >= 0.6 is 0 Å². The van der Waals surface area contributed by atoms with Gasteiger partial charge in [-0.2, -0.15) is 0 Å². The molecule has 0 saturated heterocycles. The molecule has 3 aliphatic rings. The zero-order chi connectivity index (χ0) is 12.2. The van der Waals surface area contributed by atoms with E-state index in [9.17, 15) is 4.79 Å². The number of hydrogen-bond donors (Lipinski definition) is 0. The van der Waals surface area contributed by atoms with Crippen molar-refractivity contribution in [3.63, 3.8) is 0 Å². The number of fused-ring (bicyclic) bond motifs is 2. The Morgan fingerprint density at radius 2 is 2.24 bits per heavy atom. The molecule has 0 aromatic heterocycles. The molecule has 0 aromatic carbocycles. The predicted octanol–water partition coefficient (Wildman–Crippen LogP) is 3.38. The van der Waals surface area contributed by atoms with Gasteiger partial charge in [-0.3, -0.25) is 0 Å². The summed E-state index contributed by atoms with van der Waals surface area (Å²) in [6.45, 7) is 8.51. The fourth-order valence-electron chi connectivity index (χ4n) is 3.95. The summed E-state index contributed by atoms with van der Waals surface area (Å²) in [5, 5.41) is 0. The Hall–Kier alpha value is -1.05. The molecule has 2 saturated carbocycles. The Kier molecular flexibility index (Phi) is 2.26. The summed E-state index contributed by atoms with van der Waals surface area (Å²) in [6, 6.07) is 0. The minimum absolute atomic E-state index is 0.0645. The molecule has 1 aliphatic heterocycles. The van der Waals surface area contributed by atoms with Crippen molar-refractivity contribution in [2.75, 3.05) is 0 Å². The van der Waals surface area contributed by atoms with Crippen LogP contribution in [0.3, 0.4) is 0 Å². The highest BCUT2D eigenvalue weighted by molar-refractivity contribution is 5.91. The van der Waals surface area contributed by atoms with Crippen molar-refractivity contribution in [3.05, 3.63) is 23.3 Å². The second-order valence-electron chi connectivity index (χ2n) is 6.17. The van der Waals surface area contributed by atoms with Crippen LogP contribution in [0, 0.1) is 11.3 Å². The van der Waals surface area contributed by atoms with Gasteiger partial charge in [-0.15, -0.1) is 0 Å². The van der Waals surface area contributed by atoms with Crippen molar-refractivity contribution in [3.8, 4) is 0 Å². The molecule has 3 atom stereocenters. The zero-order valence-electron chi connectivity index (χ0n) is 10.7. The zero-order valence-corrected chi connectivity index (χ0v) is 10.7. The van der Waals surface area contributed by atoms with Crippen LogP contribution < -0.4 is 0 Å². The molecule has 0 radical (unpaired) electrons. The number of hydrogen-bond acceptors (Lipinski definition) is 2. The van der Waals surface area contributed by atoms with Gasteiger partial charge in [-0.25, -0.2) is 4.79 Å². The second-order valence-corrected chi connectivity index (χ2v) is 6.17.